The topological polar surface area (TPSA) is 32.3 Å². The smallest absolute Gasteiger partial charge is 0.248 e. The molecule has 0 aromatic carbocycles. The van der Waals surface area contributed by atoms with Crippen LogP contribution in [0.4, 0.5) is 8.78 Å². The largest absolute Gasteiger partial charge is 0.338 e. The molecule has 3 nitrogen and oxygen atoms in total. The van der Waals surface area contributed by atoms with Gasteiger partial charge < -0.3 is 10.2 Å². The molecular formula is C15H26F2N2O. The first-order valence-electron chi connectivity index (χ1n) is 7.92. The van der Waals surface area contributed by atoms with Crippen LogP contribution >= 0.6 is 0 Å². The number of carbonyl (C=O) groups is 1. The van der Waals surface area contributed by atoms with Crippen molar-refractivity contribution in [3.05, 3.63) is 0 Å². The summed E-state index contributed by atoms with van der Waals surface area (Å²) in [6.07, 6.45) is 3.45. The Balaban J connectivity index is 1.96. The van der Waals surface area contributed by atoms with Crippen LogP contribution < -0.4 is 5.32 Å². The number of carbonyl (C=O) groups excluding carboxylic acids is 1. The maximum absolute atomic E-state index is 13.2. The predicted molar refractivity (Wildman–Crippen MR) is 74.8 cm³/mol. The van der Waals surface area contributed by atoms with Crippen molar-refractivity contribution in [2.75, 3.05) is 19.6 Å². The molecule has 1 saturated carbocycles. The molecule has 1 N–H and O–H groups in total. The van der Waals surface area contributed by atoms with Gasteiger partial charge in [0.15, 0.2) is 0 Å². The van der Waals surface area contributed by atoms with Crippen LogP contribution in [0.3, 0.4) is 0 Å². The van der Waals surface area contributed by atoms with Crippen LogP contribution in [0.2, 0.25) is 0 Å². The molecule has 1 aliphatic heterocycles. The Morgan fingerprint density at radius 1 is 1.30 bits per heavy atom. The highest BCUT2D eigenvalue weighted by Crippen LogP contribution is 2.37. The maximum Gasteiger partial charge on any atom is 0.248 e. The first kappa shape index (κ1) is 15.7. The van der Waals surface area contributed by atoms with E-state index in [1.165, 1.54) is 0 Å². The van der Waals surface area contributed by atoms with Crippen LogP contribution in [-0.4, -0.2) is 42.4 Å². The van der Waals surface area contributed by atoms with E-state index in [9.17, 15) is 13.6 Å². The van der Waals surface area contributed by atoms with Crippen molar-refractivity contribution in [3.8, 4) is 0 Å². The number of rotatable bonds is 4. The zero-order chi connectivity index (χ0) is 14.6. The van der Waals surface area contributed by atoms with Gasteiger partial charge in [-0.25, -0.2) is 8.78 Å². The highest BCUT2D eigenvalue weighted by Gasteiger charge is 2.39. The van der Waals surface area contributed by atoms with Crippen LogP contribution in [0.1, 0.15) is 51.9 Å². The number of piperidine rings is 1. The van der Waals surface area contributed by atoms with Crippen molar-refractivity contribution in [1.82, 2.24) is 10.2 Å². The van der Waals surface area contributed by atoms with E-state index in [0.29, 0.717) is 12.8 Å². The van der Waals surface area contributed by atoms with Gasteiger partial charge in [-0.05, 0) is 38.6 Å². The summed E-state index contributed by atoms with van der Waals surface area (Å²) in [5.41, 5.74) is 0. The van der Waals surface area contributed by atoms with E-state index in [2.05, 4.69) is 12.2 Å². The van der Waals surface area contributed by atoms with E-state index in [4.69, 9.17) is 0 Å². The summed E-state index contributed by atoms with van der Waals surface area (Å²) in [6, 6.07) is 0.249. The molecule has 2 fully saturated rings. The van der Waals surface area contributed by atoms with E-state index in [-0.39, 0.29) is 30.7 Å². The normalized spacial score (nSPS) is 27.2. The SMILES string of the molecule is CCCN(C(=O)C1CCC(F)(F)CC1)C1CCCNC1. The van der Waals surface area contributed by atoms with E-state index in [1.54, 1.807) is 0 Å². The van der Waals surface area contributed by atoms with Crippen molar-refractivity contribution in [1.29, 1.82) is 0 Å². The van der Waals surface area contributed by atoms with Crippen LogP contribution in [0.15, 0.2) is 0 Å². The molecule has 1 saturated heterocycles. The molecule has 1 amide bonds. The summed E-state index contributed by atoms with van der Waals surface area (Å²) in [5, 5.41) is 3.33. The molecule has 0 aromatic heterocycles. The second-order valence-corrected chi connectivity index (χ2v) is 6.16. The first-order chi connectivity index (χ1) is 9.53. The first-order valence-corrected chi connectivity index (χ1v) is 7.92. The van der Waals surface area contributed by atoms with Gasteiger partial charge in [-0.15, -0.1) is 0 Å². The number of nitrogens with zero attached hydrogens (tertiary/aromatic N) is 1. The van der Waals surface area contributed by atoms with Crippen molar-refractivity contribution in [2.24, 2.45) is 5.92 Å². The van der Waals surface area contributed by atoms with Gasteiger partial charge in [0.25, 0.3) is 0 Å². The Morgan fingerprint density at radius 3 is 2.55 bits per heavy atom. The molecule has 20 heavy (non-hydrogen) atoms. The van der Waals surface area contributed by atoms with Crippen LogP contribution in [0.5, 0.6) is 0 Å². The lowest BCUT2D eigenvalue weighted by Gasteiger charge is -2.38. The Bertz CT molecular complexity index is 320. The van der Waals surface area contributed by atoms with E-state index in [1.807, 2.05) is 4.90 Å². The van der Waals surface area contributed by atoms with Crippen molar-refractivity contribution >= 4 is 5.91 Å². The summed E-state index contributed by atoms with van der Waals surface area (Å²) < 4.78 is 26.4. The number of hydrogen-bond acceptors (Lipinski definition) is 2. The Kier molecular flexibility index (Phi) is 5.35. The van der Waals surface area contributed by atoms with Crippen molar-refractivity contribution in [3.63, 3.8) is 0 Å². The van der Waals surface area contributed by atoms with E-state index >= 15 is 0 Å². The maximum atomic E-state index is 13.2. The third-order valence-corrected chi connectivity index (χ3v) is 4.53. The number of halogens is 2. The van der Waals surface area contributed by atoms with Gasteiger partial charge in [0, 0.05) is 37.9 Å². The third kappa shape index (κ3) is 3.90. The fraction of sp³-hybridized carbons (Fsp3) is 0.933. The molecule has 1 aliphatic carbocycles. The van der Waals surface area contributed by atoms with Gasteiger partial charge in [-0.3, -0.25) is 4.79 Å². The van der Waals surface area contributed by atoms with Gasteiger partial charge in [-0.1, -0.05) is 6.92 Å². The molecule has 2 aliphatic rings. The molecule has 2 rings (SSSR count). The second-order valence-electron chi connectivity index (χ2n) is 6.16. The quantitative estimate of drug-likeness (QED) is 0.862. The fourth-order valence-electron chi connectivity index (χ4n) is 3.33. The summed E-state index contributed by atoms with van der Waals surface area (Å²) in [7, 11) is 0. The number of amides is 1. The van der Waals surface area contributed by atoms with Crippen LogP contribution in [0, 0.1) is 5.92 Å². The summed E-state index contributed by atoms with van der Waals surface area (Å²) >= 11 is 0. The minimum Gasteiger partial charge on any atom is -0.338 e. The van der Waals surface area contributed by atoms with Crippen molar-refractivity contribution < 1.29 is 13.6 Å². The number of nitrogens with one attached hydrogen (secondary N) is 1. The highest BCUT2D eigenvalue weighted by molar-refractivity contribution is 5.79. The standard InChI is InChI=1S/C15H26F2N2O/c1-2-10-19(13-4-3-9-18-11-13)14(20)12-5-7-15(16,17)8-6-12/h12-13,18H,2-11H2,1H3. The molecule has 116 valence electrons. The Morgan fingerprint density at radius 2 is 2.00 bits per heavy atom. The van der Waals surface area contributed by atoms with Gasteiger partial charge in [-0.2, -0.15) is 0 Å². The lowest BCUT2D eigenvalue weighted by Crippen LogP contribution is -2.51. The van der Waals surface area contributed by atoms with E-state index < -0.39 is 5.92 Å². The fourth-order valence-corrected chi connectivity index (χ4v) is 3.33. The molecule has 5 heteroatoms. The lowest BCUT2D eigenvalue weighted by atomic mass is 9.85. The summed E-state index contributed by atoms with van der Waals surface area (Å²) in [6.45, 7) is 4.67. The monoisotopic (exact) mass is 288 g/mol. The average molecular weight is 288 g/mol. The van der Waals surface area contributed by atoms with Crippen molar-refractivity contribution in [2.45, 2.75) is 63.8 Å². The van der Waals surface area contributed by atoms with E-state index in [0.717, 1.165) is 38.9 Å². The highest BCUT2D eigenvalue weighted by atomic mass is 19.3. The van der Waals surface area contributed by atoms with Gasteiger partial charge in [0.2, 0.25) is 11.8 Å². The number of alkyl halides is 2. The predicted octanol–water partition coefficient (Wildman–Crippen LogP) is 2.80. The number of hydrogen-bond donors (Lipinski definition) is 1. The zero-order valence-corrected chi connectivity index (χ0v) is 12.3. The zero-order valence-electron chi connectivity index (χ0n) is 12.3. The van der Waals surface area contributed by atoms with Gasteiger partial charge >= 0.3 is 0 Å². The van der Waals surface area contributed by atoms with Crippen LogP contribution in [-0.2, 0) is 4.79 Å². The molecule has 1 atom stereocenters. The molecule has 0 aromatic rings. The molecule has 1 unspecified atom stereocenters. The molecule has 1 heterocycles. The lowest BCUT2D eigenvalue weighted by molar-refractivity contribution is -0.142. The third-order valence-electron chi connectivity index (χ3n) is 4.53. The molecule has 0 bridgehead atoms. The average Bonchev–Trinajstić information content (AvgIpc) is 2.45. The van der Waals surface area contributed by atoms with Crippen LogP contribution in [0.25, 0.3) is 0 Å². The molecular weight excluding hydrogens is 262 g/mol. The van der Waals surface area contributed by atoms with Gasteiger partial charge in [0.05, 0.1) is 0 Å². The summed E-state index contributed by atoms with van der Waals surface area (Å²) in [5.74, 6) is -2.64. The Labute approximate surface area is 120 Å². The Hall–Kier alpha value is -0.710. The minimum atomic E-state index is -2.56. The molecule has 0 spiro atoms. The van der Waals surface area contributed by atoms with Gasteiger partial charge in [0.1, 0.15) is 0 Å². The molecule has 0 radical (unpaired) electrons. The minimum absolute atomic E-state index is 0.107. The summed E-state index contributed by atoms with van der Waals surface area (Å²) in [4.78, 5) is 14.6. The second kappa shape index (κ2) is 6.83.